The van der Waals surface area contributed by atoms with Crippen LogP contribution < -0.4 is 9.47 Å². The fourth-order valence-electron chi connectivity index (χ4n) is 4.49. The summed E-state index contributed by atoms with van der Waals surface area (Å²) < 4.78 is 50.0. The van der Waals surface area contributed by atoms with Gasteiger partial charge in [-0.1, -0.05) is 68.7 Å². The van der Waals surface area contributed by atoms with Gasteiger partial charge in [-0.25, -0.2) is 4.39 Å². The highest BCUT2D eigenvalue weighted by atomic mass is 19.3. The van der Waals surface area contributed by atoms with Crippen molar-refractivity contribution in [3.63, 3.8) is 0 Å². The number of pyridine rings is 1. The number of benzene rings is 3. The van der Waals surface area contributed by atoms with Gasteiger partial charge in [0.1, 0.15) is 17.3 Å². The molecule has 0 aliphatic carbocycles. The van der Waals surface area contributed by atoms with Gasteiger partial charge in [0.2, 0.25) is 0 Å². The zero-order valence-electron chi connectivity index (χ0n) is 21.8. The first-order valence-electron chi connectivity index (χ1n) is 13.3. The SMILES string of the molecule is CCCCCCOc1ccc(CCc2ccc3c(F)c(CCc4ccc(OC(F)F)cc4)ccc3c2)nc1. The van der Waals surface area contributed by atoms with Crippen molar-refractivity contribution >= 4 is 10.8 Å². The van der Waals surface area contributed by atoms with E-state index in [4.69, 9.17) is 4.74 Å². The van der Waals surface area contributed by atoms with Crippen LogP contribution in [0.2, 0.25) is 0 Å². The molecule has 3 aromatic carbocycles. The number of ether oxygens (including phenoxy) is 2. The molecule has 0 unspecified atom stereocenters. The van der Waals surface area contributed by atoms with E-state index < -0.39 is 6.61 Å². The Balaban J connectivity index is 1.30. The van der Waals surface area contributed by atoms with Gasteiger partial charge in [0.15, 0.2) is 0 Å². The molecule has 0 amide bonds. The van der Waals surface area contributed by atoms with Gasteiger partial charge >= 0.3 is 6.61 Å². The van der Waals surface area contributed by atoms with Crippen LogP contribution in [0.1, 0.15) is 55.0 Å². The van der Waals surface area contributed by atoms with Gasteiger partial charge in [-0.3, -0.25) is 4.98 Å². The average molecular weight is 522 g/mol. The molecular formula is C32H34F3NO2. The Morgan fingerprint density at radius 2 is 1.53 bits per heavy atom. The fraction of sp³-hybridized carbons (Fsp3) is 0.344. The third-order valence-electron chi connectivity index (χ3n) is 6.66. The lowest BCUT2D eigenvalue weighted by Gasteiger charge is -2.10. The summed E-state index contributed by atoms with van der Waals surface area (Å²) >= 11 is 0. The second-order valence-corrected chi connectivity index (χ2v) is 9.51. The molecule has 0 spiro atoms. The monoisotopic (exact) mass is 521 g/mol. The van der Waals surface area contributed by atoms with Crippen LogP contribution in [0.25, 0.3) is 10.8 Å². The molecule has 4 rings (SSSR count). The minimum Gasteiger partial charge on any atom is -0.492 e. The predicted octanol–water partition coefficient (Wildman–Crippen LogP) is 8.50. The summed E-state index contributed by atoms with van der Waals surface area (Å²) in [4.78, 5) is 4.53. The number of aromatic nitrogens is 1. The number of alkyl halides is 2. The van der Waals surface area contributed by atoms with E-state index in [1.54, 1.807) is 18.3 Å². The quantitative estimate of drug-likeness (QED) is 0.156. The standard InChI is InChI=1S/C32H34F3NO2/c1-2-3-4-5-20-37-29-18-15-27(36-22-29)14-7-24-10-19-30-26(21-24)13-12-25(31(30)33)11-6-23-8-16-28(17-9-23)38-32(34)35/h8-10,12-13,15-19,21-22,32H,2-7,11,14,20H2,1H3. The smallest absolute Gasteiger partial charge is 0.387 e. The molecule has 1 aromatic heterocycles. The average Bonchev–Trinajstić information content (AvgIpc) is 2.92. The molecule has 0 fully saturated rings. The Bertz CT molecular complexity index is 1290. The maximum absolute atomic E-state index is 15.2. The molecule has 38 heavy (non-hydrogen) atoms. The topological polar surface area (TPSA) is 31.4 Å². The highest BCUT2D eigenvalue weighted by Crippen LogP contribution is 2.25. The number of halogens is 3. The summed E-state index contributed by atoms with van der Waals surface area (Å²) in [5.41, 5.74) is 3.70. The molecule has 0 N–H and O–H groups in total. The maximum Gasteiger partial charge on any atom is 0.387 e. The molecule has 0 aliphatic heterocycles. The molecule has 0 radical (unpaired) electrons. The van der Waals surface area contributed by atoms with Crippen LogP contribution in [0, 0.1) is 5.82 Å². The zero-order chi connectivity index (χ0) is 26.7. The van der Waals surface area contributed by atoms with E-state index in [0.717, 1.165) is 53.8 Å². The van der Waals surface area contributed by atoms with Crippen molar-refractivity contribution in [1.29, 1.82) is 0 Å². The molecule has 0 bridgehead atoms. The predicted molar refractivity (Wildman–Crippen MR) is 146 cm³/mol. The molecular weight excluding hydrogens is 487 g/mol. The molecule has 6 heteroatoms. The van der Waals surface area contributed by atoms with Crippen LogP contribution in [0.4, 0.5) is 13.2 Å². The highest BCUT2D eigenvalue weighted by Gasteiger charge is 2.10. The number of unbranched alkanes of at least 4 members (excludes halogenated alkanes) is 3. The van der Waals surface area contributed by atoms with Crippen LogP contribution in [-0.2, 0) is 25.7 Å². The van der Waals surface area contributed by atoms with Gasteiger partial charge < -0.3 is 9.47 Å². The molecule has 0 saturated heterocycles. The lowest BCUT2D eigenvalue weighted by Crippen LogP contribution is -2.02. The second kappa shape index (κ2) is 13.8. The first-order valence-corrected chi connectivity index (χ1v) is 13.3. The maximum atomic E-state index is 15.2. The van der Waals surface area contributed by atoms with Gasteiger partial charge in [0.05, 0.1) is 12.8 Å². The lowest BCUT2D eigenvalue weighted by molar-refractivity contribution is -0.0498. The number of nitrogens with zero attached hydrogens (tertiary/aromatic N) is 1. The normalized spacial score (nSPS) is 11.3. The number of aryl methyl sites for hydroxylation is 4. The lowest BCUT2D eigenvalue weighted by atomic mass is 9.98. The van der Waals surface area contributed by atoms with E-state index in [2.05, 4.69) is 16.6 Å². The Labute approximate surface area is 222 Å². The van der Waals surface area contributed by atoms with E-state index in [9.17, 15) is 8.78 Å². The van der Waals surface area contributed by atoms with Crippen LogP contribution in [0.5, 0.6) is 11.5 Å². The van der Waals surface area contributed by atoms with Crippen molar-refractivity contribution in [2.24, 2.45) is 0 Å². The van der Waals surface area contributed by atoms with Gasteiger partial charge in [0.25, 0.3) is 0 Å². The van der Waals surface area contributed by atoms with Gasteiger partial charge in [-0.05, 0) is 78.4 Å². The van der Waals surface area contributed by atoms with Crippen molar-refractivity contribution in [1.82, 2.24) is 4.98 Å². The number of hydrogen-bond donors (Lipinski definition) is 0. The summed E-state index contributed by atoms with van der Waals surface area (Å²) in [5.74, 6) is 0.713. The molecule has 0 aliphatic rings. The Morgan fingerprint density at radius 3 is 2.26 bits per heavy atom. The molecule has 0 atom stereocenters. The molecule has 4 aromatic rings. The second-order valence-electron chi connectivity index (χ2n) is 9.51. The summed E-state index contributed by atoms with van der Waals surface area (Å²) in [5, 5.41) is 1.47. The third-order valence-corrected chi connectivity index (χ3v) is 6.66. The Hall–Kier alpha value is -3.54. The molecule has 200 valence electrons. The van der Waals surface area contributed by atoms with Crippen LogP contribution in [0.3, 0.4) is 0 Å². The van der Waals surface area contributed by atoms with Gasteiger partial charge in [-0.15, -0.1) is 0 Å². The van der Waals surface area contributed by atoms with E-state index in [1.165, 1.54) is 31.4 Å². The van der Waals surface area contributed by atoms with Crippen LogP contribution >= 0.6 is 0 Å². The van der Waals surface area contributed by atoms with Crippen molar-refractivity contribution < 1.29 is 22.6 Å². The summed E-state index contributed by atoms with van der Waals surface area (Å²) in [7, 11) is 0. The van der Waals surface area contributed by atoms with Gasteiger partial charge in [0, 0.05) is 11.1 Å². The third kappa shape index (κ3) is 7.98. The summed E-state index contributed by atoms with van der Waals surface area (Å²) in [6.07, 6.45) is 9.23. The first-order chi connectivity index (χ1) is 18.5. The Kier molecular flexibility index (Phi) is 10.0. The van der Waals surface area contributed by atoms with Crippen molar-refractivity contribution in [2.45, 2.75) is 64.9 Å². The highest BCUT2D eigenvalue weighted by molar-refractivity contribution is 5.84. The van der Waals surface area contributed by atoms with Crippen molar-refractivity contribution in [2.75, 3.05) is 6.61 Å². The number of hydrogen-bond acceptors (Lipinski definition) is 3. The van der Waals surface area contributed by atoms with Gasteiger partial charge in [-0.2, -0.15) is 8.78 Å². The number of rotatable bonds is 14. The number of fused-ring (bicyclic) bond motifs is 1. The summed E-state index contributed by atoms with van der Waals surface area (Å²) in [6.45, 7) is 0.0744. The van der Waals surface area contributed by atoms with Crippen LogP contribution in [-0.4, -0.2) is 18.2 Å². The Morgan fingerprint density at radius 1 is 0.763 bits per heavy atom. The zero-order valence-corrected chi connectivity index (χ0v) is 21.8. The molecule has 0 saturated carbocycles. The minimum atomic E-state index is -2.85. The van der Waals surface area contributed by atoms with Crippen molar-refractivity contribution in [3.05, 3.63) is 101 Å². The largest absolute Gasteiger partial charge is 0.492 e. The van der Waals surface area contributed by atoms with E-state index in [0.29, 0.717) is 23.8 Å². The van der Waals surface area contributed by atoms with E-state index >= 15 is 4.39 Å². The van der Waals surface area contributed by atoms with E-state index in [-0.39, 0.29) is 11.6 Å². The summed E-state index contributed by atoms with van der Waals surface area (Å²) in [6, 6.07) is 20.1. The fourth-order valence-corrected chi connectivity index (χ4v) is 4.49. The minimum absolute atomic E-state index is 0.117. The van der Waals surface area contributed by atoms with Crippen molar-refractivity contribution in [3.8, 4) is 11.5 Å². The van der Waals surface area contributed by atoms with E-state index in [1.807, 2.05) is 42.5 Å². The molecule has 1 heterocycles. The first kappa shape index (κ1) is 27.5. The van der Waals surface area contributed by atoms with Crippen LogP contribution in [0.15, 0.2) is 72.9 Å². The molecule has 3 nitrogen and oxygen atoms in total.